The van der Waals surface area contributed by atoms with Gasteiger partial charge < -0.3 is 10.4 Å². The quantitative estimate of drug-likeness (QED) is 0.566. The molecular formula is C15H10N2O5. The van der Waals surface area contributed by atoms with Gasteiger partial charge in [-0.15, -0.1) is 0 Å². The summed E-state index contributed by atoms with van der Waals surface area (Å²) in [5.74, 6) is 2.04. The van der Waals surface area contributed by atoms with Crippen molar-refractivity contribution in [3.05, 3.63) is 40.7 Å². The lowest BCUT2D eigenvalue weighted by Gasteiger charge is -2.30. The smallest absolute Gasteiger partial charge is 0.262 e. The Hall–Kier alpha value is -3.14. The van der Waals surface area contributed by atoms with E-state index in [1.54, 1.807) is 11.9 Å². The summed E-state index contributed by atoms with van der Waals surface area (Å²) >= 11 is 0. The molecule has 1 atom stereocenters. The van der Waals surface area contributed by atoms with Crippen LogP contribution in [0, 0.1) is 0 Å². The van der Waals surface area contributed by atoms with Crippen LogP contribution in [0.15, 0.2) is 29.6 Å². The molecule has 110 valence electrons. The lowest BCUT2D eigenvalue weighted by Crippen LogP contribution is -2.46. The molecule has 7 nitrogen and oxygen atoms in total. The number of phenolic OH excluding ortho intramolecular Hbond substituents is 1. The highest BCUT2D eigenvalue weighted by molar-refractivity contribution is 6.22. The van der Waals surface area contributed by atoms with Gasteiger partial charge >= 0.3 is 0 Å². The number of nitrogens with one attached hydrogen (secondary N) is 1. The molecule has 0 saturated carbocycles. The number of imide groups is 1. The number of nitrogens with zero attached hydrogens (tertiary/aromatic N) is 1. The van der Waals surface area contributed by atoms with E-state index >= 15 is 0 Å². The van der Waals surface area contributed by atoms with E-state index < -0.39 is 17.9 Å². The second kappa shape index (κ2) is 5.00. The zero-order valence-electron chi connectivity index (χ0n) is 11.3. The molecule has 2 amide bonds. The van der Waals surface area contributed by atoms with Crippen molar-refractivity contribution in [3.63, 3.8) is 0 Å². The van der Waals surface area contributed by atoms with Gasteiger partial charge in [-0.2, -0.15) is 0 Å². The van der Waals surface area contributed by atoms with E-state index in [9.17, 15) is 24.3 Å². The van der Waals surface area contributed by atoms with Gasteiger partial charge in [-0.3, -0.25) is 14.5 Å². The molecule has 3 rings (SSSR count). The zero-order chi connectivity index (χ0) is 15.9. The van der Waals surface area contributed by atoms with Crippen LogP contribution < -0.4 is 5.32 Å². The normalized spacial score (nSPS) is 20.4. The second-order valence-electron chi connectivity index (χ2n) is 4.99. The molecule has 1 aromatic rings. The molecule has 1 saturated heterocycles. The Morgan fingerprint density at radius 3 is 2.55 bits per heavy atom. The van der Waals surface area contributed by atoms with Crippen molar-refractivity contribution < 1.29 is 24.3 Å². The molecule has 2 N–H and O–H groups in total. The lowest BCUT2D eigenvalue weighted by atomic mass is 10.0. The average Bonchev–Trinajstić information content (AvgIpc) is 2.77. The number of carbonyl (C=O) groups is 2. The van der Waals surface area contributed by atoms with E-state index in [0.29, 0.717) is 0 Å². The summed E-state index contributed by atoms with van der Waals surface area (Å²) in [6, 6.07) is 3.08. The van der Waals surface area contributed by atoms with Crippen molar-refractivity contribution >= 4 is 23.7 Å². The van der Waals surface area contributed by atoms with Gasteiger partial charge in [0.15, 0.2) is 0 Å². The van der Waals surface area contributed by atoms with Gasteiger partial charge in [0, 0.05) is 6.42 Å². The van der Waals surface area contributed by atoms with Gasteiger partial charge in [0.05, 0.1) is 17.2 Å². The van der Waals surface area contributed by atoms with Crippen molar-refractivity contribution in [1.29, 1.82) is 0 Å². The molecule has 0 radical (unpaired) electrons. The number of aromatic hydroxyl groups is 1. The molecule has 2 heterocycles. The predicted molar refractivity (Wildman–Crippen MR) is 73.2 cm³/mol. The van der Waals surface area contributed by atoms with E-state index in [0.717, 1.165) is 4.90 Å². The van der Waals surface area contributed by atoms with Gasteiger partial charge in [-0.05, 0) is 24.6 Å². The van der Waals surface area contributed by atoms with Crippen molar-refractivity contribution in [3.8, 4) is 5.75 Å². The Morgan fingerprint density at radius 2 is 1.86 bits per heavy atom. The number of hydrogen-bond donors (Lipinski definition) is 2. The van der Waals surface area contributed by atoms with Crippen LogP contribution in [0.1, 0.15) is 33.6 Å². The Balaban J connectivity index is 2.00. The molecule has 0 spiro atoms. The molecule has 22 heavy (non-hydrogen) atoms. The molecule has 1 fully saturated rings. The fraction of sp³-hybridized carbons (Fsp3) is 0.200. The molecule has 2 aliphatic rings. The SMILES string of the molecule is O=C=C1CCC(N2C(=O)c3ccc(O)cc3C2=O)C(=C=O)N1. The van der Waals surface area contributed by atoms with Crippen LogP contribution in [-0.4, -0.2) is 39.7 Å². The number of phenols is 1. The number of allylic oxidation sites excluding steroid dienone is 1. The van der Waals surface area contributed by atoms with Crippen molar-refractivity contribution in [2.45, 2.75) is 18.9 Å². The lowest BCUT2D eigenvalue weighted by molar-refractivity contribution is 0.0593. The first-order chi connectivity index (χ1) is 10.6. The minimum absolute atomic E-state index is 0.0525. The maximum atomic E-state index is 12.4. The average molecular weight is 298 g/mol. The van der Waals surface area contributed by atoms with E-state index in [2.05, 4.69) is 5.32 Å². The highest BCUT2D eigenvalue weighted by atomic mass is 16.3. The number of hydrogen-bond acceptors (Lipinski definition) is 6. The topological polar surface area (TPSA) is 104 Å². The summed E-state index contributed by atoms with van der Waals surface area (Å²) in [5.41, 5.74) is 0.393. The summed E-state index contributed by atoms with van der Waals surface area (Å²) in [6.45, 7) is 0. The second-order valence-corrected chi connectivity index (χ2v) is 4.99. The minimum atomic E-state index is -0.816. The zero-order valence-corrected chi connectivity index (χ0v) is 11.3. The fourth-order valence-corrected chi connectivity index (χ4v) is 2.69. The molecule has 1 unspecified atom stereocenters. The fourth-order valence-electron chi connectivity index (χ4n) is 2.69. The monoisotopic (exact) mass is 298 g/mol. The van der Waals surface area contributed by atoms with E-state index in [4.69, 9.17) is 0 Å². The van der Waals surface area contributed by atoms with Gasteiger partial charge in [-0.25, -0.2) is 9.59 Å². The van der Waals surface area contributed by atoms with Crippen molar-refractivity contribution in [1.82, 2.24) is 10.2 Å². The summed E-state index contributed by atoms with van der Waals surface area (Å²) < 4.78 is 0. The Bertz CT molecular complexity index is 800. The van der Waals surface area contributed by atoms with Gasteiger partial charge in [0.1, 0.15) is 29.0 Å². The van der Waals surface area contributed by atoms with Crippen LogP contribution in [0.4, 0.5) is 0 Å². The third-order valence-corrected chi connectivity index (χ3v) is 3.73. The largest absolute Gasteiger partial charge is 0.508 e. The van der Waals surface area contributed by atoms with Crippen LogP contribution in [0.25, 0.3) is 0 Å². The predicted octanol–water partition coefficient (Wildman–Crippen LogP) is 0.171. The number of fused-ring (bicyclic) bond motifs is 1. The van der Waals surface area contributed by atoms with Crippen LogP contribution in [0.3, 0.4) is 0 Å². The molecular weight excluding hydrogens is 288 g/mol. The number of piperidine rings is 1. The van der Waals surface area contributed by atoms with E-state index in [1.165, 1.54) is 18.2 Å². The number of amides is 2. The molecule has 0 bridgehead atoms. The molecule has 0 aliphatic carbocycles. The van der Waals surface area contributed by atoms with Gasteiger partial charge in [0.25, 0.3) is 11.8 Å². The van der Waals surface area contributed by atoms with Crippen LogP contribution in [-0.2, 0) is 9.59 Å². The number of rotatable bonds is 1. The Labute approximate surface area is 124 Å². The van der Waals surface area contributed by atoms with E-state index in [-0.39, 0.29) is 41.1 Å². The summed E-state index contributed by atoms with van der Waals surface area (Å²) in [5, 5.41) is 12.0. The minimum Gasteiger partial charge on any atom is -0.508 e. The first-order valence-electron chi connectivity index (χ1n) is 6.53. The third kappa shape index (κ3) is 1.93. The number of benzene rings is 1. The summed E-state index contributed by atoms with van der Waals surface area (Å²) in [7, 11) is 0. The maximum absolute atomic E-state index is 12.4. The summed E-state index contributed by atoms with van der Waals surface area (Å²) in [6.07, 6.45) is 0.498. The van der Waals surface area contributed by atoms with Gasteiger partial charge in [-0.1, -0.05) is 0 Å². The van der Waals surface area contributed by atoms with Gasteiger partial charge in [0.2, 0.25) is 0 Å². The molecule has 1 aromatic carbocycles. The molecule has 7 heteroatoms. The summed E-state index contributed by atoms with van der Waals surface area (Å²) in [4.78, 5) is 47.5. The molecule has 0 aromatic heterocycles. The third-order valence-electron chi connectivity index (χ3n) is 3.73. The first-order valence-corrected chi connectivity index (χ1v) is 6.53. The molecule has 2 aliphatic heterocycles. The number of carbonyl (C=O) groups excluding carboxylic acids is 4. The first kappa shape index (κ1) is 13.8. The van der Waals surface area contributed by atoms with Crippen molar-refractivity contribution in [2.24, 2.45) is 0 Å². The van der Waals surface area contributed by atoms with Crippen LogP contribution in [0.5, 0.6) is 5.75 Å². The highest BCUT2D eigenvalue weighted by Gasteiger charge is 2.43. The Morgan fingerprint density at radius 1 is 1.14 bits per heavy atom. The standard InChI is InChI=1S/C15H10N2O5/c18-6-8-1-4-13(12(7-19)16-8)17-14(21)10-3-2-9(20)5-11(10)15(17)22/h2-3,5,13,16,20H,1,4H2. The maximum Gasteiger partial charge on any atom is 0.262 e. The van der Waals surface area contributed by atoms with Crippen LogP contribution in [0.2, 0.25) is 0 Å². The van der Waals surface area contributed by atoms with Crippen LogP contribution >= 0.6 is 0 Å². The van der Waals surface area contributed by atoms with E-state index in [1.807, 2.05) is 0 Å². The highest BCUT2D eigenvalue weighted by Crippen LogP contribution is 2.32. The van der Waals surface area contributed by atoms with Crippen molar-refractivity contribution in [2.75, 3.05) is 0 Å². The Kier molecular flexibility index (Phi) is 3.14.